The minimum absolute atomic E-state index is 0.0196. The summed E-state index contributed by atoms with van der Waals surface area (Å²) in [7, 11) is 0. The third-order valence-corrected chi connectivity index (χ3v) is 5.71. The number of hydrogen-bond acceptors (Lipinski definition) is 2. The number of para-hydroxylation sites is 1. The van der Waals surface area contributed by atoms with Gasteiger partial charge in [-0.2, -0.15) is 0 Å². The minimum atomic E-state index is -0.536. The van der Waals surface area contributed by atoms with Gasteiger partial charge in [-0.05, 0) is 73.3 Å². The lowest BCUT2D eigenvalue weighted by Gasteiger charge is -2.24. The second-order valence-electron chi connectivity index (χ2n) is 8.16. The van der Waals surface area contributed by atoms with Gasteiger partial charge in [0.15, 0.2) is 6.10 Å². The van der Waals surface area contributed by atoms with Crippen molar-refractivity contribution in [1.82, 2.24) is 5.32 Å². The molecule has 3 heteroatoms. The van der Waals surface area contributed by atoms with Crippen molar-refractivity contribution in [3.63, 3.8) is 0 Å². The van der Waals surface area contributed by atoms with Gasteiger partial charge in [-0.15, -0.1) is 0 Å². The van der Waals surface area contributed by atoms with Gasteiger partial charge in [0.25, 0.3) is 5.91 Å². The number of aryl methyl sites for hydroxylation is 2. The smallest absolute Gasteiger partial charge is 0.261 e. The summed E-state index contributed by atoms with van der Waals surface area (Å²) in [5, 5.41) is 3.19. The van der Waals surface area contributed by atoms with E-state index in [1.54, 1.807) is 0 Å². The summed E-state index contributed by atoms with van der Waals surface area (Å²) in [5.41, 5.74) is 5.25. The van der Waals surface area contributed by atoms with Crippen LogP contribution in [0.2, 0.25) is 0 Å². The average molecular weight is 380 g/mol. The molecule has 3 rings (SSSR count). The molecule has 0 saturated heterocycles. The zero-order valence-electron chi connectivity index (χ0n) is 17.6. The summed E-state index contributed by atoms with van der Waals surface area (Å²) in [5.74, 6) is 1.08. The highest BCUT2D eigenvalue weighted by Gasteiger charge is 2.21. The Morgan fingerprint density at radius 2 is 1.75 bits per heavy atom. The molecule has 0 bridgehead atoms. The maximum Gasteiger partial charge on any atom is 0.261 e. The van der Waals surface area contributed by atoms with Crippen LogP contribution in [0.15, 0.2) is 42.5 Å². The van der Waals surface area contributed by atoms with Crippen LogP contribution in [0.4, 0.5) is 0 Å². The maximum absolute atomic E-state index is 12.8. The fraction of sp³-hybridized carbons (Fsp3) is 0.480. The molecule has 28 heavy (non-hydrogen) atoms. The standard InChI is InChI=1S/C25H33NO2/c1-5-23(21-15-14-19-10-6-7-11-20(19)16-21)26-25(27)18(4)28-24-13-9-8-12-22(24)17(2)3/h8-9,12-18,23H,5-7,10-11H2,1-4H3,(H,26,27). The zero-order chi connectivity index (χ0) is 20.1. The number of carbonyl (C=O) groups is 1. The Labute approximate surface area is 169 Å². The van der Waals surface area contributed by atoms with E-state index < -0.39 is 6.10 Å². The number of amides is 1. The minimum Gasteiger partial charge on any atom is -0.481 e. The molecule has 0 radical (unpaired) electrons. The summed E-state index contributed by atoms with van der Waals surface area (Å²) in [6.07, 6.45) is 5.21. The Bertz CT molecular complexity index is 812. The van der Waals surface area contributed by atoms with Crippen molar-refractivity contribution in [2.45, 2.75) is 77.9 Å². The fourth-order valence-electron chi connectivity index (χ4n) is 3.99. The molecule has 2 atom stereocenters. The highest BCUT2D eigenvalue weighted by Crippen LogP contribution is 2.28. The van der Waals surface area contributed by atoms with Crippen molar-refractivity contribution >= 4 is 5.91 Å². The molecule has 2 aromatic carbocycles. The van der Waals surface area contributed by atoms with Gasteiger partial charge < -0.3 is 10.1 Å². The first-order chi connectivity index (χ1) is 13.5. The molecule has 1 aliphatic carbocycles. The van der Waals surface area contributed by atoms with E-state index in [1.807, 2.05) is 25.1 Å². The van der Waals surface area contributed by atoms with E-state index in [0.29, 0.717) is 5.92 Å². The average Bonchev–Trinajstić information content (AvgIpc) is 2.71. The summed E-state index contributed by atoms with van der Waals surface area (Å²) < 4.78 is 6.03. The largest absolute Gasteiger partial charge is 0.481 e. The molecule has 1 amide bonds. The van der Waals surface area contributed by atoms with Gasteiger partial charge in [0.2, 0.25) is 0 Å². The van der Waals surface area contributed by atoms with Gasteiger partial charge in [0, 0.05) is 0 Å². The predicted octanol–water partition coefficient (Wildman–Crippen LogP) is 5.72. The number of carbonyl (C=O) groups excluding carboxylic acids is 1. The number of benzene rings is 2. The van der Waals surface area contributed by atoms with Crippen molar-refractivity contribution in [3.8, 4) is 5.75 Å². The van der Waals surface area contributed by atoms with Crippen molar-refractivity contribution in [3.05, 3.63) is 64.7 Å². The van der Waals surface area contributed by atoms with E-state index in [9.17, 15) is 4.79 Å². The lowest BCUT2D eigenvalue weighted by molar-refractivity contribution is -0.128. The first kappa shape index (κ1) is 20.4. The molecular formula is C25H33NO2. The Balaban J connectivity index is 1.68. The van der Waals surface area contributed by atoms with Crippen molar-refractivity contribution < 1.29 is 9.53 Å². The molecular weight excluding hydrogens is 346 g/mol. The van der Waals surface area contributed by atoms with Gasteiger partial charge in [0.1, 0.15) is 5.75 Å². The molecule has 0 aliphatic heterocycles. The van der Waals surface area contributed by atoms with Gasteiger partial charge >= 0.3 is 0 Å². The number of nitrogens with one attached hydrogen (secondary N) is 1. The molecule has 0 spiro atoms. The normalized spacial score (nSPS) is 15.6. The van der Waals surface area contributed by atoms with E-state index in [2.05, 4.69) is 50.4 Å². The molecule has 0 heterocycles. The van der Waals surface area contributed by atoms with Crippen LogP contribution in [-0.4, -0.2) is 12.0 Å². The third kappa shape index (κ3) is 4.76. The van der Waals surface area contributed by atoms with E-state index in [0.717, 1.165) is 24.2 Å². The number of hydrogen-bond donors (Lipinski definition) is 1. The van der Waals surface area contributed by atoms with Crippen molar-refractivity contribution in [1.29, 1.82) is 0 Å². The van der Waals surface area contributed by atoms with E-state index in [4.69, 9.17) is 4.74 Å². The van der Waals surface area contributed by atoms with Gasteiger partial charge in [0.05, 0.1) is 6.04 Å². The number of ether oxygens (including phenoxy) is 1. The highest BCUT2D eigenvalue weighted by molar-refractivity contribution is 5.81. The Hall–Kier alpha value is -2.29. The Morgan fingerprint density at radius 1 is 1.04 bits per heavy atom. The highest BCUT2D eigenvalue weighted by atomic mass is 16.5. The van der Waals surface area contributed by atoms with Crippen LogP contribution < -0.4 is 10.1 Å². The van der Waals surface area contributed by atoms with Crippen molar-refractivity contribution in [2.75, 3.05) is 0 Å². The molecule has 3 nitrogen and oxygen atoms in total. The van der Waals surface area contributed by atoms with Crippen LogP contribution in [0.5, 0.6) is 5.75 Å². The van der Waals surface area contributed by atoms with Crippen LogP contribution >= 0.6 is 0 Å². The lowest BCUT2D eigenvalue weighted by Crippen LogP contribution is -2.38. The van der Waals surface area contributed by atoms with E-state index in [-0.39, 0.29) is 11.9 Å². The molecule has 1 aliphatic rings. The maximum atomic E-state index is 12.8. The zero-order valence-corrected chi connectivity index (χ0v) is 17.6. The summed E-state index contributed by atoms with van der Waals surface area (Å²) in [4.78, 5) is 12.8. The van der Waals surface area contributed by atoms with Gasteiger partial charge in [-0.3, -0.25) is 4.79 Å². The summed E-state index contributed by atoms with van der Waals surface area (Å²) in [6, 6.07) is 14.7. The predicted molar refractivity (Wildman–Crippen MR) is 115 cm³/mol. The first-order valence-electron chi connectivity index (χ1n) is 10.7. The second kappa shape index (κ2) is 9.27. The van der Waals surface area contributed by atoms with Crippen LogP contribution in [0.25, 0.3) is 0 Å². The molecule has 0 aromatic heterocycles. The van der Waals surface area contributed by atoms with Crippen LogP contribution in [-0.2, 0) is 17.6 Å². The Kier molecular flexibility index (Phi) is 6.77. The molecule has 150 valence electrons. The van der Waals surface area contributed by atoms with Gasteiger partial charge in [-0.1, -0.05) is 57.2 Å². The van der Waals surface area contributed by atoms with Crippen LogP contribution in [0, 0.1) is 0 Å². The fourth-order valence-corrected chi connectivity index (χ4v) is 3.99. The number of rotatable bonds is 7. The Morgan fingerprint density at radius 3 is 2.46 bits per heavy atom. The molecule has 2 aromatic rings. The SMILES string of the molecule is CCC(NC(=O)C(C)Oc1ccccc1C(C)C)c1ccc2c(c1)CCCC2. The second-order valence-corrected chi connectivity index (χ2v) is 8.16. The first-order valence-corrected chi connectivity index (χ1v) is 10.7. The number of fused-ring (bicyclic) bond motifs is 1. The molecule has 2 unspecified atom stereocenters. The quantitative estimate of drug-likeness (QED) is 0.668. The molecule has 0 fully saturated rings. The van der Waals surface area contributed by atoms with Crippen LogP contribution in [0.3, 0.4) is 0 Å². The van der Waals surface area contributed by atoms with Gasteiger partial charge in [-0.25, -0.2) is 0 Å². The third-order valence-electron chi connectivity index (χ3n) is 5.71. The monoisotopic (exact) mass is 379 g/mol. The summed E-state index contributed by atoms with van der Waals surface area (Å²) in [6.45, 7) is 8.21. The summed E-state index contributed by atoms with van der Waals surface area (Å²) >= 11 is 0. The lowest BCUT2D eigenvalue weighted by atomic mass is 9.89. The molecule has 0 saturated carbocycles. The topological polar surface area (TPSA) is 38.3 Å². The van der Waals surface area contributed by atoms with E-state index >= 15 is 0 Å². The van der Waals surface area contributed by atoms with Crippen molar-refractivity contribution in [2.24, 2.45) is 0 Å². The van der Waals surface area contributed by atoms with Crippen LogP contribution in [0.1, 0.15) is 81.2 Å². The van der Waals surface area contributed by atoms with E-state index in [1.165, 1.54) is 36.0 Å². The molecule has 1 N–H and O–H groups in total.